The molecular weight excluding hydrogens is 487 g/mol. The highest BCUT2D eigenvalue weighted by molar-refractivity contribution is 7.17. The zero-order chi connectivity index (χ0) is 27.6. The van der Waals surface area contributed by atoms with Gasteiger partial charge in [0.1, 0.15) is 5.00 Å². The number of benzene rings is 1. The van der Waals surface area contributed by atoms with Crippen LogP contribution in [0.1, 0.15) is 100 Å². The number of amides is 1. The largest absolute Gasteiger partial charge is 0.494 e. The van der Waals surface area contributed by atoms with Gasteiger partial charge in [0.05, 0.1) is 22.9 Å². The lowest BCUT2D eigenvalue weighted by atomic mass is 9.78. The third-order valence-electron chi connectivity index (χ3n) is 7.29. The van der Waals surface area contributed by atoms with Gasteiger partial charge in [-0.05, 0) is 98.8 Å². The van der Waals surface area contributed by atoms with Gasteiger partial charge in [-0.15, -0.1) is 11.3 Å². The Balaban J connectivity index is 1.68. The zero-order valence-electron chi connectivity index (χ0n) is 23.6. The number of anilines is 1. The average Bonchev–Trinajstić information content (AvgIpc) is 3.19. The number of thiophene rings is 1. The lowest BCUT2D eigenvalue weighted by Crippen LogP contribution is -2.55. The van der Waals surface area contributed by atoms with E-state index in [4.69, 9.17) is 14.0 Å². The first-order valence-electron chi connectivity index (χ1n) is 12.9. The number of ether oxygens (including phenoxy) is 1. The minimum absolute atomic E-state index is 0.219. The van der Waals surface area contributed by atoms with Crippen LogP contribution in [0.15, 0.2) is 24.3 Å². The molecule has 37 heavy (non-hydrogen) atoms. The molecule has 1 fully saturated rings. The molecule has 0 radical (unpaired) electrons. The maximum Gasteiger partial charge on any atom is 0.494 e. The molecule has 2 aliphatic heterocycles. The summed E-state index contributed by atoms with van der Waals surface area (Å²) >= 11 is 1.43. The van der Waals surface area contributed by atoms with Crippen molar-refractivity contribution in [1.29, 1.82) is 0 Å². The first kappa shape index (κ1) is 27.8. The third-order valence-corrected chi connectivity index (χ3v) is 8.76. The molecule has 0 saturated carbocycles. The van der Waals surface area contributed by atoms with E-state index in [-0.39, 0.29) is 23.1 Å². The first-order valence-corrected chi connectivity index (χ1v) is 13.7. The number of hydrogen-bond acceptors (Lipinski definition) is 7. The number of esters is 1. The summed E-state index contributed by atoms with van der Waals surface area (Å²) in [6.45, 7) is 20.1. The Morgan fingerprint density at radius 1 is 1.05 bits per heavy atom. The van der Waals surface area contributed by atoms with E-state index in [0.29, 0.717) is 22.5 Å². The van der Waals surface area contributed by atoms with Crippen molar-refractivity contribution < 1.29 is 23.6 Å². The summed E-state index contributed by atoms with van der Waals surface area (Å²) < 4.78 is 17.9. The van der Waals surface area contributed by atoms with Crippen LogP contribution in [0.3, 0.4) is 0 Å². The molecule has 1 aromatic carbocycles. The quantitative estimate of drug-likeness (QED) is 0.420. The van der Waals surface area contributed by atoms with E-state index in [1.165, 1.54) is 11.3 Å². The molecule has 200 valence electrons. The van der Waals surface area contributed by atoms with Crippen LogP contribution in [0.25, 0.3) is 0 Å². The minimum atomic E-state index is -0.572. The van der Waals surface area contributed by atoms with Gasteiger partial charge in [-0.25, -0.2) is 4.79 Å². The molecule has 1 amide bonds. The molecular formula is C28H39BN2O5S. The van der Waals surface area contributed by atoms with Crippen LogP contribution in [0.2, 0.25) is 0 Å². The van der Waals surface area contributed by atoms with Crippen LogP contribution < -0.4 is 16.1 Å². The Kier molecular flexibility index (Phi) is 6.94. The maximum atomic E-state index is 13.5. The summed E-state index contributed by atoms with van der Waals surface area (Å²) in [5.74, 6) is -0.720. The van der Waals surface area contributed by atoms with E-state index in [0.717, 1.165) is 15.9 Å². The monoisotopic (exact) mass is 526 g/mol. The Hall–Kier alpha value is -2.20. The van der Waals surface area contributed by atoms with Crippen molar-refractivity contribution in [2.75, 3.05) is 5.32 Å². The number of nitrogens with one attached hydrogen (secondary N) is 2. The van der Waals surface area contributed by atoms with Crippen LogP contribution in [0.4, 0.5) is 5.00 Å². The minimum Gasteiger partial charge on any atom is -0.459 e. The highest BCUT2D eigenvalue weighted by Crippen LogP contribution is 2.45. The van der Waals surface area contributed by atoms with Gasteiger partial charge in [-0.1, -0.05) is 12.1 Å². The van der Waals surface area contributed by atoms with Gasteiger partial charge in [0.25, 0.3) is 5.91 Å². The average molecular weight is 527 g/mol. The Morgan fingerprint density at radius 2 is 1.68 bits per heavy atom. The summed E-state index contributed by atoms with van der Waals surface area (Å²) in [5.41, 5.74) is 1.07. The van der Waals surface area contributed by atoms with Crippen LogP contribution in [-0.4, -0.2) is 41.8 Å². The molecule has 4 rings (SSSR count). The molecule has 9 heteroatoms. The molecule has 3 heterocycles. The molecule has 7 nitrogen and oxygen atoms in total. The highest BCUT2D eigenvalue weighted by atomic mass is 32.1. The fraction of sp³-hybridized carbons (Fsp3) is 0.571. The van der Waals surface area contributed by atoms with Gasteiger partial charge in [0.15, 0.2) is 0 Å². The molecule has 0 aliphatic carbocycles. The second-order valence-electron chi connectivity index (χ2n) is 12.5. The molecule has 2 N–H and O–H groups in total. The molecule has 0 atom stereocenters. The van der Waals surface area contributed by atoms with Crippen LogP contribution in [0, 0.1) is 0 Å². The van der Waals surface area contributed by atoms with E-state index in [1.54, 1.807) is 12.1 Å². The molecule has 1 aromatic heterocycles. The molecule has 2 aliphatic rings. The molecule has 1 saturated heterocycles. The van der Waals surface area contributed by atoms with Crippen molar-refractivity contribution in [2.45, 2.75) is 104 Å². The summed E-state index contributed by atoms with van der Waals surface area (Å²) in [6, 6.07) is 7.24. The standard InChI is InChI=1S/C28H39BN2O5S/c1-16(2)34-24(33)20-19-15-25(3,4)31-26(5,6)21(19)37-23(20)30-22(32)17-12-11-13-18(14-17)29-35-27(7,8)28(9,10)36-29/h11-14,16,31H,15H2,1-10H3,(H,30,32). The van der Waals surface area contributed by atoms with E-state index >= 15 is 0 Å². The van der Waals surface area contributed by atoms with Crippen molar-refractivity contribution >= 4 is 40.8 Å². The fourth-order valence-electron chi connectivity index (χ4n) is 5.09. The number of hydrogen-bond donors (Lipinski definition) is 2. The van der Waals surface area contributed by atoms with Gasteiger partial charge in [-0.3, -0.25) is 4.79 Å². The summed E-state index contributed by atoms with van der Waals surface area (Å²) in [6.07, 6.45) is 0.379. The van der Waals surface area contributed by atoms with Crippen molar-refractivity contribution in [1.82, 2.24) is 5.32 Å². The van der Waals surface area contributed by atoms with Gasteiger partial charge in [0.2, 0.25) is 0 Å². The Bertz CT molecular complexity index is 1220. The normalized spacial score (nSPS) is 21.0. The second kappa shape index (κ2) is 9.22. The third kappa shape index (κ3) is 5.37. The second-order valence-corrected chi connectivity index (χ2v) is 13.6. The summed E-state index contributed by atoms with van der Waals surface area (Å²) in [5, 5.41) is 7.19. The van der Waals surface area contributed by atoms with Crippen LogP contribution in [-0.2, 0) is 26.0 Å². The van der Waals surface area contributed by atoms with E-state index in [9.17, 15) is 9.59 Å². The molecule has 0 unspecified atom stereocenters. The molecule has 0 spiro atoms. The topological polar surface area (TPSA) is 85.9 Å². The van der Waals surface area contributed by atoms with Crippen molar-refractivity contribution in [3.05, 3.63) is 45.8 Å². The zero-order valence-corrected chi connectivity index (χ0v) is 24.4. The predicted octanol–water partition coefficient (Wildman–Crippen LogP) is 5.02. The van der Waals surface area contributed by atoms with Crippen LogP contribution >= 0.6 is 11.3 Å². The van der Waals surface area contributed by atoms with Crippen molar-refractivity contribution in [3.8, 4) is 0 Å². The van der Waals surface area contributed by atoms with E-state index in [2.05, 4.69) is 38.3 Å². The fourth-order valence-corrected chi connectivity index (χ4v) is 6.35. The lowest BCUT2D eigenvalue weighted by Gasteiger charge is -2.42. The van der Waals surface area contributed by atoms with Crippen molar-refractivity contribution in [2.24, 2.45) is 0 Å². The molecule has 2 aromatic rings. The van der Waals surface area contributed by atoms with E-state index < -0.39 is 24.3 Å². The van der Waals surface area contributed by atoms with E-state index in [1.807, 2.05) is 53.7 Å². The van der Waals surface area contributed by atoms with Gasteiger partial charge < -0.3 is 24.7 Å². The number of carbonyl (C=O) groups is 2. The maximum absolute atomic E-state index is 13.5. The molecule has 0 bridgehead atoms. The Labute approximate surface area is 224 Å². The number of carbonyl (C=O) groups excluding carboxylic acids is 2. The van der Waals surface area contributed by atoms with Gasteiger partial charge in [-0.2, -0.15) is 0 Å². The number of fused-ring (bicyclic) bond motifs is 1. The highest BCUT2D eigenvalue weighted by Gasteiger charge is 2.51. The smallest absolute Gasteiger partial charge is 0.459 e. The number of rotatable bonds is 5. The first-order chi connectivity index (χ1) is 16.9. The summed E-state index contributed by atoms with van der Waals surface area (Å²) in [4.78, 5) is 27.8. The summed E-state index contributed by atoms with van der Waals surface area (Å²) in [7, 11) is -0.572. The Morgan fingerprint density at radius 3 is 2.27 bits per heavy atom. The van der Waals surface area contributed by atoms with Gasteiger partial charge >= 0.3 is 13.1 Å². The lowest BCUT2D eigenvalue weighted by molar-refractivity contribution is 0.00578. The van der Waals surface area contributed by atoms with Crippen LogP contribution in [0.5, 0.6) is 0 Å². The predicted molar refractivity (Wildman–Crippen MR) is 149 cm³/mol. The van der Waals surface area contributed by atoms with Crippen molar-refractivity contribution in [3.63, 3.8) is 0 Å². The SMILES string of the molecule is CC(C)OC(=O)c1c(NC(=O)c2cccc(B3OC(C)(C)C(C)(C)O3)c2)sc2c1CC(C)(C)NC2(C)C. The van der Waals surface area contributed by atoms with Gasteiger partial charge in [0, 0.05) is 21.5 Å².